The lowest BCUT2D eigenvalue weighted by Crippen LogP contribution is -2.59. The molecule has 4 bridgehead atoms. The molecule has 1 atom stereocenters. The molecule has 4 saturated carbocycles. The molecule has 0 aromatic rings. The highest BCUT2D eigenvalue weighted by Crippen LogP contribution is 2.62. The number of halogens is 4. The first kappa shape index (κ1) is 18.9. The molecule has 1 N–H and O–H groups in total. The van der Waals surface area contributed by atoms with Gasteiger partial charge in [0.15, 0.2) is 5.79 Å². The van der Waals surface area contributed by atoms with Crippen LogP contribution in [-0.4, -0.2) is 49.1 Å². The number of rotatable bonds is 5. The topological polar surface area (TPSA) is 72.8 Å². The quantitative estimate of drug-likeness (QED) is 0.565. The minimum atomic E-state index is -5.07. The summed E-state index contributed by atoms with van der Waals surface area (Å²) in [6, 6.07) is 0. The molecule has 1 heterocycles. The maximum atomic E-state index is 14.4. The van der Waals surface area contributed by atoms with Crippen molar-refractivity contribution in [2.24, 2.45) is 23.7 Å². The van der Waals surface area contributed by atoms with Crippen molar-refractivity contribution >= 4 is 10.1 Å². The van der Waals surface area contributed by atoms with E-state index in [2.05, 4.69) is 0 Å². The van der Waals surface area contributed by atoms with Crippen LogP contribution in [0.3, 0.4) is 0 Å². The van der Waals surface area contributed by atoms with Gasteiger partial charge in [-0.15, -0.1) is 0 Å². The van der Waals surface area contributed by atoms with E-state index in [4.69, 9.17) is 14.0 Å². The standard InChI is InChI=1S/C16H22F4O5S/c17-14(18,8-26(21,22)23)7-15(19,20)13-6-24-16(25-13)11-2-9-1-10(4-11)5-12(16)3-9/h9-13H,1-8H2,(H,21,22,23). The highest BCUT2D eigenvalue weighted by atomic mass is 32.2. The SMILES string of the molecule is O=S(=O)(O)CC(F)(F)CC(F)(F)C1COC2(O1)C1CC3CC(C1)CC2C3. The molecule has 0 aromatic carbocycles. The van der Waals surface area contributed by atoms with Gasteiger partial charge in [0, 0.05) is 11.8 Å². The third-order valence-corrected chi connectivity index (χ3v) is 7.21. The van der Waals surface area contributed by atoms with E-state index < -0.39 is 52.6 Å². The summed E-state index contributed by atoms with van der Waals surface area (Å²) in [6.45, 7) is -0.489. The second kappa shape index (κ2) is 5.78. The number of alkyl halides is 4. The molecule has 1 spiro atoms. The van der Waals surface area contributed by atoms with Gasteiger partial charge in [-0.25, -0.2) is 17.6 Å². The first-order valence-corrected chi connectivity index (χ1v) is 10.5. The Morgan fingerprint density at radius 2 is 1.54 bits per heavy atom. The van der Waals surface area contributed by atoms with Crippen molar-refractivity contribution in [3.63, 3.8) is 0 Å². The molecule has 0 amide bonds. The molecule has 0 aromatic heterocycles. The summed E-state index contributed by atoms with van der Waals surface area (Å²) < 4.78 is 97.4. The molecule has 0 radical (unpaired) electrons. The van der Waals surface area contributed by atoms with Crippen LogP contribution >= 0.6 is 0 Å². The molecular weight excluding hydrogens is 380 g/mol. The van der Waals surface area contributed by atoms with E-state index in [1.165, 1.54) is 0 Å². The van der Waals surface area contributed by atoms with Gasteiger partial charge < -0.3 is 9.47 Å². The van der Waals surface area contributed by atoms with E-state index >= 15 is 0 Å². The van der Waals surface area contributed by atoms with E-state index in [9.17, 15) is 26.0 Å². The van der Waals surface area contributed by atoms with Crippen LogP contribution in [0.1, 0.15) is 38.5 Å². The van der Waals surface area contributed by atoms with Crippen LogP contribution in [0.5, 0.6) is 0 Å². The van der Waals surface area contributed by atoms with Crippen molar-refractivity contribution in [1.82, 2.24) is 0 Å². The van der Waals surface area contributed by atoms with Crippen LogP contribution in [0.15, 0.2) is 0 Å². The number of ether oxygens (including phenoxy) is 2. The molecule has 1 saturated heterocycles. The van der Waals surface area contributed by atoms with Gasteiger partial charge in [0.25, 0.3) is 22.0 Å². The molecule has 5 nitrogen and oxygen atoms in total. The van der Waals surface area contributed by atoms with Crippen LogP contribution in [0, 0.1) is 23.7 Å². The first-order valence-electron chi connectivity index (χ1n) is 8.91. The maximum Gasteiger partial charge on any atom is 0.281 e. The van der Waals surface area contributed by atoms with Crippen LogP contribution in [0.2, 0.25) is 0 Å². The Labute approximate surface area is 149 Å². The zero-order chi connectivity index (χ0) is 19.0. The van der Waals surface area contributed by atoms with Gasteiger partial charge in [0.1, 0.15) is 11.9 Å². The van der Waals surface area contributed by atoms with Gasteiger partial charge in [0.05, 0.1) is 13.0 Å². The molecule has 1 unspecified atom stereocenters. The van der Waals surface area contributed by atoms with Crippen molar-refractivity contribution in [3.05, 3.63) is 0 Å². The van der Waals surface area contributed by atoms with Crippen molar-refractivity contribution < 1.29 is 40.0 Å². The summed E-state index contributed by atoms with van der Waals surface area (Å²) in [5.41, 5.74) is 0. The van der Waals surface area contributed by atoms with Gasteiger partial charge >= 0.3 is 0 Å². The second-order valence-corrected chi connectivity index (χ2v) is 9.92. The van der Waals surface area contributed by atoms with Crippen molar-refractivity contribution in [3.8, 4) is 0 Å². The Kier molecular flexibility index (Phi) is 4.20. The second-order valence-electron chi connectivity index (χ2n) is 8.46. The lowest BCUT2D eigenvalue weighted by Gasteiger charge is -2.58. The Bertz CT molecular complexity index is 652. The molecule has 5 fully saturated rings. The predicted octanol–water partition coefficient (Wildman–Crippen LogP) is 3.10. The Morgan fingerprint density at radius 1 is 1.00 bits per heavy atom. The minimum Gasteiger partial charge on any atom is -0.346 e. The van der Waals surface area contributed by atoms with Gasteiger partial charge in [-0.1, -0.05) is 0 Å². The van der Waals surface area contributed by atoms with E-state index in [0.717, 1.165) is 32.1 Å². The monoisotopic (exact) mass is 402 g/mol. The van der Waals surface area contributed by atoms with Gasteiger partial charge in [0.2, 0.25) is 0 Å². The molecule has 10 heteroatoms. The molecule has 26 heavy (non-hydrogen) atoms. The fraction of sp³-hybridized carbons (Fsp3) is 1.00. The zero-order valence-corrected chi connectivity index (χ0v) is 14.9. The average Bonchev–Trinajstić information content (AvgIpc) is 2.87. The van der Waals surface area contributed by atoms with Gasteiger partial charge in [-0.05, 0) is 43.9 Å². The molecule has 4 aliphatic carbocycles. The van der Waals surface area contributed by atoms with Crippen molar-refractivity contribution in [2.45, 2.75) is 62.3 Å². The summed E-state index contributed by atoms with van der Waals surface area (Å²) in [4.78, 5) is 0. The van der Waals surface area contributed by atoms with Crippen LogP contribution in [0.4, 0.5) is 17.6 Å². The molecular formula is C16H22F4O5S. The smallest absolute Gasteiger partial charge is 0.281 e. The van der Waals surface area contributed by atoms with Crippen molar-refractivity contribution in [2.75, 3.05) is 12.4 Å². The third-order valence-electron chi connectivity index (χ3n) is 6.42. The molecule has 150 valence electrons. The van der Waals surface area contributed by atoms with Crippen LogP contribution < -0.4 is 0 Å². The summed E-state index contributed by atoms with van der Waals surface area (Å²) in [5.74, 6) is -10.2. The highest BCUT2D eigenvalue weighted by Gasteiger charge is 2.65. The average molecular weight is 402 g/mol. The largest absolute Gasteiger partial charge is 0.346 e. The predicted molar refractivity (Wildman–Crippen MR) is 81.5 cm³/mol. The fourth-order valence-corrected chi connectivity index (χ4v) is 6.39. The Hall–Kier alpha value is -0.450. The first-order chi connectivity index (χ1) is 11.9. The normalized spacial score (nSPS) is 42.7. The van der Waals surface area contributed by atoms with E-state index in [1.807, 2.05) is 0 Å². The summed E-state index contributed by atoms with van der Waals surface area (Å²) >= 11 is 0. The lowest BCUT2D eigenvalue weighted by atomic mass is 9.53. The van der Waals surface area contributed by atoms with E-state index in [0.29, 0.717) is 11.8 Å². The maximum absolute atomic E-state index is 14.4. The van der Waals surface area contributed by atoms with Gasteiger partial charge in [-0.3, -0.25) is 4.55 Å². The number of hydrogen-bond donors (Lipinski definition) is 1. The van der Waals surface area contributed by atoms with Crippen LogP contribution in [-0.2, 0) is 19.6 Å². The third kappa shape index (κ3) is 3.27. The van der Waals surface area contributed by atoms with E-state index in [1.54, 1.807) is 0 Å². The Balaban J connectivity index is 1.48. The summed E-state index contributed by atoms with van der Waals surface area (Å²) in [5, 5.41) is 0. The Morgan fingerprint density at radius 3 is 2.04 bits per heavy atom. The number of hydrogen-bond acceptors (Lipinski definition) is 4. The summed E-state index contributed by atoms with van der Waals surface area (Å²) in [7, 11) is -5.07. The molecule has 5 rings (SSSR count). The van der Waals surface area contributed by atoms with Gasteiger partial charge in [-0.2, -0.15) is 8.42 Å². The van der Waals surface area contributed by atoms with Crippen molar-refractivity contribution in [1.29, 1.82) is 0 Å². The lowest BCUT2D eigenvalue weighted by molar-refractivity contribution is -0.307. The zero-order valence-electron chi connectivity index (χ0n) is 14.0. The molecule has 5 aliphatic rings. The minimum absolute atomic E-state index is 0.0119. The van der Waals surface area contributed by atoms with Crippen LogP contribution in [0.25, 0.3) is 0 Å². The summed E-state index contributed by atoms with van der Waals surface area (Å²) in [6.07, 6.45) is 0.713. The molecule has 1 aliphatic heterocycles. The highest BCUT2D eigenvalue weighted by molar-refractivity contribution is 7.85. The van der Waals surface area contributed by atoms with E-state index in [-0.39, 0.29) is 11.8 Å². The fourth-order valence-electron chi connectivity index (χ4n) is 5.75.